The number of benzene rings is 1. The highest BCUT2D eigenvalue weighted by molar-refractivity contribution is 9.10. The molecule has 118 valence electrons. The summed E-state index contributed by atoms with van der Waals surface area (Å²) in [4.78, 5) is 0.102. The second-order valence-corrected chi connectivity index (χ2v) is 7.91. The van der Waals surface area contributed by atoms with Gasteiger partial charge in [0.25, 0.3) is 0 Å². The molecule has 2 rings (SSSR count). The molecule has 0 radical (unpaired) electrons. The molecule has 0 aliphatic heterocycles. The van der Waals surface area contributed by atoms with Crippen molar-refractivity contribution in [3.8, 4) is 5.75 Å². The molecular weight excluding hydrogens is 358 g/mol. The third-order valence-corrected chi connectivity index (χ3v) is 5.76. The Morgan fingerprint density at radius 3 is 2.76 bits per heavy atom. The van der Waals surface area contributed by atoms with E-state index in [1.807, 2.05) is 0 Å². The Hall–Kier alpha value is -0.630. The molecular formula is C14H20BrNO4S. The first kappa shape index (κ1) is 16.7. The Morgan fingerprint density at radius 1 is 1.38 bits per heavy atom. The Kier molecular flexibility index (Phi) is 5.65. The van der Waals surface area contributed by atoms with Crippen molar-refractivity contribution >= 4 is 26.0 Å². The van der Waals surface area contributed by atoms with Crippen LogP contribution in [0.3, 0.4) is 0 Å². The van der Waals surface area contributed by atoms with Crippen LogP contribution < -0.4 is 9.46 Å². The second-order valence-electron chi connectivity index (χ2n) is 5.26. The summed E-state index contributed by atoms with van der Waals surface area (Å²) in [5.74, 6) is 0.279. The van der Waals surface area contributed by atoms with Crippen LogP contribution >= 0.6 is 15.9 Å². The van der Waals surface area contributed by atoms with Gasteiger partial charge in [-0.1, -0.05) is 28.8 Å². The summed E-state index contributed by atoms with van der Waals surface area (Å²) in [5.41, 5.74) is 0. The zero-order valence-electron chi connectivity index (χ0n) is 11.9. The number of nitrogens with one attached hydrogen (secondary N) is 1. The zero-order chi connectivity index (χ0) is 15.5. The average Bonchev–Trinajstić information content (AvgIpc) is 2.46. The minimum atomic E-state index is -3.66. The Bertz CT molecular complexity index is 591. The van der Waals surface area contributed by atoms with Crippen LogP contribution in [0.15, 0.2) is 27.6 Å². The van der Waals surface area contributed by atoms with Gasteiger partial charge in [-0.15, -0.1) is 0 Å². The third kappa shape index (κ3) is 4.18. The van der Waals surface area contributed by atoms with Crippen molar-refractivity contribution in [2.75, 3.05) is 13.7 Å². The lowest BCUT2D eigenvalue weighted by molar-refractivity contribution is 0.0724. The van der Waals surface area contributed by atoms with Gasteiger partial charge in [-0.2, -0.15) is 0 Å². The zero-order valence-corrected chi connectivity index (χ0v) is 14.3. The van der Waals surface area contributed by atoms with Gasteiger partial charge < -0.3 is 9.84 Å². The molecule has 0 saturated heterocycles. The van der Waals surface area contributed by atoms with Gasteiger partial charge in [0.05, 0.1) is 13.2 Å². The van der Waals surface area contributed by atoms with Crippen molar-refractivity contribution < 1.29 is 18.3 Å². The number of halogens is 1. The first-order chi connectivity index (χ1) is 9.94. The van der Waals surface area contributed by atoms with Crippen molar-refractivity contribution in [1.29, 1.82) is 0 Å². The fraction of sp³-hybridized carbons (Fsp3) is 0.571. The molecule has 1 aliphatic rings. The van der Waals surface area contributed by atoms with E-state index in [1.165, 1.54) is 13.2 Å². The lowest BCUT2D eigenvalue weighted by Crippen LogP contribution is -2.36. The molecule has 1 aliphatic carbocycles. The molecule has 2 unspecified atom stereocenters. The van der Waals surface area contributed by atoms with E-state index in [0.717, 1.165) is 25.7 Å². The molecule has 2 N–H and O–H groups in total. The predicted octanol–water partition coefficient (Wildman–Crippen LogP) is 2.29. The second kappa shape index (κ2) is 7.09. The number of hydrogen-bond donors (Lipinski definition) is 2. The maximum atomic E-state index is 12.4. The van der Waals surface area contributed by atoms with E-state index in [2.05, 4.69) is 20.7 Å². The first-order valence-corrected chi connectivity index (χ1v) is 9.23. The number of sulfonamides is 1. The van der Waals surface area contributed by atoms with Gasteiger partial charge in [0.15, 0.2) is 0 Å². The Balaban J connectivity index is 2.13. The largest absolute Gasteiger partial charge is 0.495 e. The molecule has 1 fully saturated rings. The molecule has 7 heteroatoms. The van der Waals surface area contributed by atoms with Crippen molar-refractivity contribution in [3.05, 3.63) is 22.7 Å². The monoisotopic (exact) mass is 377 g/mol. The van der Waals surface area contributed by atoms with E-state index in [9.17, 15) is 13.5 Å². The van der Waals surface area contributed by atoms with E-state index in [0.29, 0.717) is 10.2 Å². The van der Waals surface area contributed by atoms with Gasteiger partial charge in [-0.3, -0.25) is 0 Å². The van der Waals surface area contributed by atoms with Gasteiger partial charge in [-0.05, 0) is 37.0 Å². The fourth-order valence-electron chi connectivity index (χ4n) is 2.58. The molecule has 0 aromatic heterocycles. The molecule has 0 bridgehead atoms. The summed E-state index contributed by atoms with van der Waals surface area (Å²) in [6.07, 6.45) is 3.20. The number of ether oxygens (including phenoxy) is 1. The molecule has 1 saturated carbocycles. The molecule has 2 atom stereocenters. The van der Waals surface area contributed by atoms with Gasteiger partial charge in [0.2, 0.25) is 10.0 Å². The molecule has 5 nitrogen and oxygen atoms in total. The van der Waals surface area contributed by atoms with E-state index in [4.69, 9.17) is 4.74 Å². The topological polar surface area (TPSA) is 75.6 Å². The van der Waals surface area contributed by atoms with Crippen LogP contribution in [0, 0.1) is 5.92 Å². The van der Waals surface area contributed by atoms with Crippen LogP contribution in [0.1, 0.15) is 25.7 Å². The Labute approximate surface area is 133 Å². The minimum absolute atomic E-state index is 0.0216. The molecule has 0 spiro atoms. The van der Waals surface area contributed by atoms with E-state index in [-0.39, 0.29) is 17.4 Å². The highest BCUT2D eigenvalue weighted by atomic mass is 79.9. The SMILES string of the molecule is COc1ccc(Br)cc1S(=O)(=O)NCC1CCCCC1O. The quantitative estimate of drug-likeness (QED) is 0.825. The normalized spacial score (nSPS) is 23.0. The van der Waals surface area contributed by atoms with Crippen LogP contribution in [-0.2, 0) is 10.0 Å². The summed E-state index contributed by atoms with van der Waals surface area (Å²) in [7, 11) is -2.23. The number of aliphatic hydroxyl groups is 1. The summed E-state index contributed by atoms with van der Waals surface area (Å²) < 4.78 is 33.2. The molecule has 1 aromatic carbocycles. The van der Waals surface area contributed by atoms with Crippen LogP contribution in [0.25, 0.3) is 0 Å². The van der Waals surface area contributed by atoms with E-state index < -0.39 is 16.1 Å². The van der Waals surface area contributed by atoms with E-state index in [1.54, 1.807) is 12.1 Å². The molecule has 1 aromatic rings. The number of aliphatic hydroxyl groups excluding tert-OH is 1. The standard InChI is InChI=1S/C14H20BrNO4S/c1-20-13-7-6-11(15)8-14(13)21(18,19)16-9-10-4-2-3-5-12(10)17/h6-8,10,12,16-17H,2-5,9H2,1H3. The van der Waals surface area contributed by atoms with E-state index >= 15 is 0 Å². The molecule has 0 amide bonds. The summed E-state index contributed by atoms with van der Waals surface area (Å²) in [6, 6.07) is 4.84. The van der Waals surface area contributed by atoms with Crippen molar-refractivity contribution in [3.63, 3.8) is 0 Å². The van der Waals surface area contributed by atoms with Crippen LogP contribution in [0.2, 0.25) is 0 Å². The lowest BCUT2D eigenvalue weighted by atomic mass is 9.87. The number of hydrogen-bond acceptors (Lipinski definition) is 4. The fourth-order valence-corrected chi connectivity index (χ4v) is 4.38. The predicted molar refractivity (Wildman–Crippen MR) is 83.8 cm³/mol. The number of methoxy groups -OCH3 is 1. The maximum Gasteiger partial charge on any atom is 0.244 e. The summed E-state index contributed by atoms with van der Waals surface area (Å²) >= 11 is 3.27. The van der Waals surface area contributed by atoms with Gasteiger partial charge >= 0.3 is 0 Å². The van der Waals surface area contributed by atoms with Gasteiger partial charge in [0, 0.05) is 11.0 Å². The van der Waals surface area contributed by atoms with Crippen LogP contribution in [0.5, 0.6) is 5.75 Å². The van der Waals surface area contributed by atoms with Crippen LogP contribution in [0.4, 0.5) is 0 Å². The van der Waals surface area contributed by atoms with Crippen molar-refractivity contribution in [1.82, 2.24) is 4.72 Å². The smallest absolute Gasteiger partial charge is 0.244 e. The van der Waals surface area contributed by atoms with Gasteiger partial charge in [0.1, 0.15) is 10.6 Å². The highest BCUT2D eigenvalue weighted by Gasteiger charge is 2.26. The minimum Gasteiger partial charge on any atom is -0.495 e. The van der Waals surface area contributed by atoms with Crippen LogP contribution in [-0.4, -0.2) is 33.3 Å². The maximum absolute atomic E-state index is 12.4. The average molecular weight is 378 g/mol. The Morgan fingerprint density at radius 2 is 2.10 bits per heavy atom. The lowest BCUT2D eigenvalue weighted by Gasteiger charge is -2.27. The van der Waals surface area contributed by atoms with Crippen molar-refractivity contribution in [2.45, 2.75) is 36.7 Å². The number of rotatable bonds is 5. The molecule has 21 heavy (non-hydrogen) atoms. The van der Waals surface area contributed by atoms with Gasteiger partial charge in [-0.25, -0.2) is 13.1 Å². The third-order valence-electron chi connectivity index (χ3n) is 3.82. The summed E-state index contributed by atoms with van der Waals surface area (Å²) in [6.45, 7) is 0.249. The van der Waals surface area contributed by atoms with Crippen molar-refractivity contribution in [2.24, 2.45) is 5.92 Å². The first-order valence-electron chi connectivity index (χ1n) is 6.95. The molecule has 0 heterocycles. The summed E-state index contributed by atoms with van der Waals surface area (Å²) in [5, 5.41) is 9.91. The highest BCUT2D eigenvalue weighted by Crippen LogP contribution is 2.28.